The van der Waals surface area contributed by atoms with Crippen LogP contribution in [0.4, 0.5) is 5.13 Å². The minimum Gasteiger partial charge on any atom is -0.543 e. The van der Waals surface area contributed by atoms with E-state index in [1.807, 2.05) is 30.0 Å². The highest BCUT2D eigenvalue weighted by Crippen LogP contribution is 2.40. The number of oxime groups is 1. The summed E-state index contributed by atoms with van der Waals surface area (Å²) in [6, 6.07) is 0.998. The number of thiazole rings is 2. The molecule has 0 bridgehead atoms. The van der Waals surface area contributed by atoms with E-state index in [4.69, 9.17) is 10.6 Å². The van der Waals surface area contributed by atoms with Gasteiger partial charge in [-0.05, 0) is 6.42 Å². The third-order valence-electron chi connectivity index (χ3n) is 5.80. The number of pyridine rings is 1. The van der Waals surface area contributed by atoms with Crippen molar-refractivity contribution in [2.24, 2.45) is 5.16 Å². The molecule has 0 radical (unpaired) electrons. The molecule has 1 saturated heterocycles. The Morgan fingerprint density at radius 1 is 1.41 bits per heavy atom. The van der Waals surface area contributed by atoms with Crippen molar-refractivity contribution in [2.45, 2.75) is 31.3 Å². The third kappa shape index (κ3) is 4.65. The number of nitrogen functional groups attached to an aromatic ring is 1. The van der Waals surface area contributed by atoms with Crippen LogP contribution in [0.15, 0.2) is 40.3 Å². The zero-order chi connectivity index (χ0) is 26.3. The average molecular weight is 560 g/mol. The molecule has 2 aliphatic heterocycles. The van der Waals surface area contributed by atoms with E-state index in [2.05, 4.69) is 20.4 Å². The summed E-state index contributed by atoms with van der Waals surface area (Å²) in [6.45, 7) is 2.30. The molecule has 5 rings (SSSR count). The second-order valence-electron chi connectivity index (χ2n) is 8.12. The largest absolute Gasteiger partial charge is 0.543 e. The molecule has 0 saturated carbocycles. The fourth-order valence-corrected chi connectivity index (χ4v) is 6.89. The van der Waals surface area contributed by atoms with E-state index in [9.17, 15) is 19.5 Å². The van der Waals surface area contributed by atoms with Gasteiger partial charge in [0.2, 0.25) is 0 Å². The lowest BCUT2D eigenvalue weighted by atomic mass is 10.0. The lowest BCUT2D eigenvalue weighted by molar-refractivity contribution is -0.687. The molecule has 3 aromatic heterocycles. The number of anilines is 1. The van der Waals surface area contributed by atoms with Gasteiger partial charge >= 0.3 is 0 Å². The van der Waals surface area contributed by atoms with Crippen LogP contribution in [0.3, 0.4) is 0 Å². The number of hydrogen-bond donors (Lipinski definition) is 2. The average Bonchev–Trinajstić information content (AvgIpc) is 3.50. The second-order valence-corrected chi connectivity index (χ2v) is 11.2. The predicted octanol–water partition coefficient (Wildman–Crippen LogP) is -0.360. The molecule has 3 N–H and O–H groups in total. The fraction of sp³-hybridized carbons (Fsp3) is 0.318. The highest BCUT2D eigenvalue weighted by molar-refractivity contribution is 8.00. The number of fused-ring (bicyclic) bond motifs is 2. The molecule has 192 valence electrons. The Morgan fingerprint density at radius 2 is 2.22 bits per heavy atom. The molecule has 5 heterocycles. The molecule has 2 amide bonds. The molecule has 15 heteroatoms. The summed E-state index contributed by atoms with van der Waals surface area (Å²) in [5, 5.41) is 20.7. The predicted molar refractivity (Wildman–Crippen MR) is 136 cm³/mol. The molecule has 1 fully saturated rings. The van der Waals surface area contributed by atoms with Crippen LogP contribution in [0.2, 0.25) is 0 Å². The highest BCUT2D eigenvalue weighted by Gasteiger charge is 2.53. The smallest absolute Gasteiger partial charge is 0.276 e. The monoisotopic (exact) mass is 559 g/mol. The van der Waals surface area contributed by atoms with Crippen LogP contribution in [0.25, 0.3) is 10.2 Å². The quantitative estimate of drug-likeness (QED) is 0.162. The third-order valence-corrected chi connectivity index (χ3v) is 8.99. The molecule has 0 aromatic carbocycles. The van der Waals surface area contributed by atoms with Crippen LogP contribution < -0.4 is 20.7 Å². The number of hydrogen-bond acceptors (Lipinski definition) is 12. The zero-order valence-electron chi connectivity index (χ0n) is 19.7. The van der Waals surface area contributed by atoms with E-state index in [1.54, 1.807) is 16.7 Å². The molecule has 2 aliphatic rings. The maximum atomic E-state index is 13.0. The summed E-state index contributed by atoms with van der Waals surface area (Å²) in [7, 11) is 1.28. The Morgan fingerprint density at radius 3 is 2.89 bits per heavy atom. The zero-order valence-corrected chi connectivity index (χ0v) is 22.1. The molecule has 37 heavy (non-hydrogen) atoms. The van der Waals surface area contributed by atoms with Gasteiger partial charge in [0.15, 0.2) is 29.8 Å². The molecule has 12 nitrogen and oxygen atoms in total. The first kappa shape index (κ1) is 25.1. The topological polar surface area (TPSA) is 167 Å². The molecule has 0 aliphatic carbocycles. The van der Waals surface area contributed by atoms with Gasteiger partial charge in [-0.2, -0.15) is 4.57 Å². The van der Waals surface area contributed by atoms with Crippen LogP contribution >= 0.6 is 34.4 Å². The van der Waals surface area contributed by atoms with Crippen LogP contribution in [0.1, 0.15) is 17.6 Å². The minimum absolute atomic E-state index is 0.140. The lowest BCUT2D eigenvalue weighted by Crippen LogP contribution is -2.71. The Labute approximate surface area is 222 Å². The Kier molecular flexibility index (Phi) is 6.83. The van der Waals surface area contributed by atoms with Gasteiger partial charge in [0.1, 0.15) is 29.7 Å². The molecule has 2 atom stereocenters. The van der Waals surface area contributed by atoms with Crippen LogP contribution in [-0.4, -0.2) is 62.6 Å². The second kappa shape index (κ2) is 10.1. The number of carboxylic acids is 1. The van der Waals surface area contributed by atoms with Crippen molar-refractivity contribution >= 4 is 73.3 Å². The first-order valence-electron chi connectivity index (χ1n) is 11.1. The van der Waals surface area contributed by atoms with E-state index >= 15 is 0 Å². The number of carboxylic acid groups (broad SMARTS) is 1. The van der Waals surface area contributed by atoms with Gasteiger partial charge in [-0.1, -0.05) is 12.1 Å². The summed E-state index contributed by atoms with van der Waals surface area (Å²) in [6.07, 6.45) is 4.56. The molecule has 0 unspecified atom stereocenters. The van der Waals surface area contributed by atoms with Gasteiger partial charge in [0, 0.05) is 22.8 Å². The summed E-state index contributed by atoms with van der Waals surface area (Å²) >= 11 is 4.11. The molecular formula is C22H21N7O5S3. The maximum Gasteiger partial charge on any atom is 0.276 e. The van der Waals surface area contributed by atoms with Crippen LogP contribution in [0, 0.1) is 0 Å². The van der Waals surface area contributed by atoms with Gasteiger partial charge in [0.05, 0.1) is 21.4 Å². The van der Waals surface area contributed by atoms with Crippen molar-refractivity contribution in [2.75, 3.05) is 18.6 Å². The molecule has 0 spiro atoms. The number of nitrogens with zero attached hydrogens (tertiary/aromatic N) is 5. The van der Waals surface area contributed by atoms with Crippen molar-refractivity contribution in [1.82, 2.24) is 20.2 Å². The van der Waals surface area contributed by atoms with E-state index in [0.717, 1.165) is 33.0 Å². The fourth-order valence-electron chi connectivity index (χ4n) is 4.13. The van der Waals surface area contributed by atoms with Crippen LogP contribution in [0.5, 0.6) is 0 Å². The number of nitrogens with one attached hydrogen (secondary N) is 1. The number of aliphatic carboxylic acids is 1. The number of aromatic nitrogens is 3. The number of nitrogens with two attached hydrogens (primary N) is 1. The van der Waals surface area contributed by atoms with Crippen molar-refractivity contribution in [3.63, 3.8) is 0 Å². The van der Waals surface area contributed by atoms with E-state index in [0.29, 0.717) is 11.3 Å². The van der Waals surface area contributed by atoms with Gasteiger partial charge in [-0.3, -0.25) is 14.5 Å². The van der Waals surface area contributed by atoms with E-state index < -0.39 is 29.2 Å². The molecule has 3 aromatic rings. The minimum atomic E-state index is -1.44. The van der Waals surface area contributed by atoms with Crippen molar-refractivity contribution in [3.8, 4) is 0 Å². The summed E-state index contributed by atoms with van der Waals surface area (Å²) in [4.78, 5) is 52.6. The summed E-state index contributed by atoms with van der Waals surface area (Å²) in [5.74, 6) is -2.34. The number of β-lactam (4-membered cyclic amide) rings is 1. The number of carbonyl (C=O) groups is 3. The number of rotatable bonds is 8. The number of amides is 2. The Balaban J connectivity index is 1.35. The Hall–Kier alpha value is -3.56. The van der Waals surface area contributed by atoms with Crippen LogP contribution in [-0.2, 0) is 32.2 Å². The highest BCUT2D eigenvalue weighted by atomic mass is 32.2. The first-order valence-corrected chi connectivity index (χ1v) is 13.8. The van der Waals surface area contributed by atoms with E-state index in [-0.39, 0.29) is 28.8 Å². The van der Waals surface area contributed by atoms with Gasteiger partial charge in [-0.25, -0.2) is 9.97 Å². The van der Waals surface area contributed by atoms with Crippen molar-refractivity contribution in [1.29, 1.82) is 0 Å². The molecular weight excluding hydrogens is 538 g/mol. The number of aryl methyl sites for hydroxylation is 1. The first-order chi connectivity index (χ1) is 17.8. The maximum absolute atomic E-state index is 13.0. The Bertz CT molecular complexity index is 1480. The summed E-state index contributed by atoms with van der Waals surface area (Å²) < 4.78 is 2.89. The normalized spacial score (nSPS) is 19.6. The van der Waals surface area contributed by atoms with Gasteiger partial charge in [-0.15, -0.1) is 34.4 Å². The van der Waals surface area contributed by atoms with E-state index in [1.165, 1.54) is 23.8 Å². The standard InChI is InChI=1S/C22H21N7O5S3/c1-3-14-24-11-7-28(5-4-13(11)37-14)6-10-8-35-20-16(19(31)29(20)17(10)21(32)33)26-18(30)15(27-34-2)12-9-36-22(23)25-12/h4-5,7,9,16,20H,3,6,8H2,1-2H3,(H3-,23,25,26,30,32,33)/b27-15-/t16-,20-/m1/s1. The summed E-state index contributed by atoms with van der Waals surface area (Å²) in [5.41, 5.74) is 6.92. The SMILES string of the molecule is CCc1nc2c[n+](CC3=C(C(=O)[O-])N4C(=O)[C@@H](NC(=O)/C(=N\OC)c5csc(N)n5)[C@H]4SC3)ccc2s1. The van der Waals surface area contributed by atoms with Crippen molar-refractivity contribution in [3.05, 3.63) is 45.8 Å². The van der Waals surface area contributed by atoms with Gasteiger partial charge in [0.25, 0.3) is 11.8 Å². The van der Waals surface area contributed by atoms with Gasteiger partial charge < -0.3 is 25.8 Å². The number of thioether (sulfide) groups is 1. The van der Waals surface area contributed by atoms with Crippen molar-refractivity contribution < 1.29 is 28.9 Å². The number of carbonyl (C=O) groups excluding carboxylic acids is 3. The lowest BCUT2D eigenvalue weighted by Gasteiger charge is -2.50.